The third-order valence-corrected chi connectivity index (χ3v) is 3.31. The van der Waals surface area contributed by atoms with Gasteiger partial charge in [0.15, 0.2) is 0 Å². The third kappa shape index (κ3) is 0.916. The van der Waals surface area contributed by atoms with E-state index in [0.717, 1.165) is 25.9 Å². The van der Waals surface area contributed by atoms with E-state index in [1.807, 2.05) is 0 Å². The third-order valence-electron chi connectivity index (χ3n) is 3.31. The molecule has 1 aliphatic heterocycles. The minimum atomic E-state index is -0.250. The second-order valence-corrected chi connectivity index (χ2v) is 3.75. The van der Waals surface area contributed by atoms with Crippen molar-refractivity contribution >= 4 is 0 Å². The van der Waals surface area contributed by atoms with Gasteiger partial charge in [0, 0.05) is 11.8 Å². The largest absolute Gasteiger partial charge is 0.392 e. The monoisotopic (exact) mass is 157 g/mol. The summed E-state index contributed by atoms with van der Waals surface area (Å²) in [5.41, 5.74) is -0.134. The molecule has 1 aliphatic carbocycles. The van der Waals surface area contributed by atoms with Gasteiger partial charge in [-0.15, -0.1) is 0 Å². The summed E-state index contributed by atoms with van der Waals surface area (Å²) >= 11 is 0. The number of rotatable bonds is 0. The summed E-state index contributed by atoms with van der Waals surface area (Å²) in [4.78, 5) is 0. The molecule has 0 aromatic carbocycles. The number of nitrogens with one attached hydrogen (secondary N) is 1. The number of hydrogen-bond acceptors (Lipinski definition) is 3. The Labute approximate surface area is 66.4 Å². The Bertz CT molecular complexity index is 144. The van der Waals surface area contributed by atoms with Crippen LogP contribution in [0.4, 0.5) is 0 Å². The predicted molar refractivity (Wildman–Crippen MR) is 41.2 cm³/mol. The molecule has 2 aliphatic rings. The van der Waals surface area contributed by atoms with Crippen LogP contribution in [0.5, 0.6) is 0 Å². The van der Waals surface area contributed by atoms with Crippen LogP contribution in [0.2, 0.25) is 0 Å². The molecule has 0 amide bonds. The van der Waals surface area contributed by atoms with Gasteiger partial charge in [-0.3, -0.25) is 0 Å². The van der Waals surface area contributed by atoms with Crippen molar-refractivity contribution in [2.24, 2.45) is 5.41 Å². The van der Waals surface area contributed by atoms with Gasteiger partial charge in [0.1, 0.15) is 0 Å². The number of piperidine rings is 1. The molecule has 1 saturated heterocycles. The summed E-state index contributed by atoms with van der Waals surface area (Å²) in [7, 11) is 0. The zero-order valence-electron chi connectivity index (χ0n) is 6.58. The van der Waals surface area contributed by atoms with Gasteiger partial charge >= 0.3 is 0 Å². The van der Waals surface area contributed by atoms with Crippen molar-refractivity contribution in [3.05, 3.63) is 0 Å². The van der Waals surface area contributed by atoms with E-state index < -0.39 is 0 Å². The molecule has 11 heavy (non-hydrogen) atoms. The Morgan fingerprint density at radius 3 is 2.00 bits per heavy atom. The summed E-state index contributed by atoms with van der Waals surface area (Å²) in [6, 6.07) is 0. The molecule has 2 unspecified atom stereocenters. The van der Waals surface area contributed by atoms with E-state index >= 15 is 0 Å². The van der Waals surface area contributed by atoms with E-state index in [9.17, 15) is 10.2 Å². The van der Waals surface area contributed by atoms with E-state index in [-0.39, 0.29) is 17.6 Å². The first kappa shape index (κ1) is 7.53. The van der Waals surface area contributed by atoms with E-state index in [4.69, 9.17) is 0 Å². The van der Waals surface area contributed by atoms with Crippen molar-refractivity contribution in [2.45, 2.75) is 31.5 Å². The molecule has 0 aromatic heterocycles. The molecule has 2 fully saturated rings. The highest BCUT2D eigenvalue weighted by atomic mass is 16.3. The molecule has 3 heteroatoms. The first-order valence-corrected chi connectivity index (χ1v) is 4.32. The van der Waals surface area contributed by atoms with Crippen molar-refractivity contribution < 1.29 is 10.2 Å². The minimum Gasteiger partial charge on any atom is -0.392 e. The topological polar surface area (TPSA) is 52.5 Å². The zero-order chi connectivity index (χ0) is 7.90. The molecule has 64 valence electrons. The van der Waals surface area contributed by atoms with Crippen molar-refractivity contribution in [3.8, 4) is 0 Å². The van der Waals surface area contributed by atoms with Crippen LogP contribution in [0.15, 0.2) is 0 Å². The summed E-state index contributed by atoms with van der Waals surface area (Å²) in [6.07, 6.45) is 1.93. The lowest BCUT2D eigenvalue weighted by Gasteiger charge is -2.53. The van der Waals surface area contributed by atoms with Gasteiger partial charge in [0.05, 0.1) is 12.2 Å². The molecule has 2 rings (SSSR count). The number of aliphatic hydroxyl groups is 2. The fourth-order valence-electron chi connectivity index (χ4n) is 2.30. The fraction of sp³-hybridized carbons (Fsp3) is 1.00. The maximum absolute atomic E-state index is 9.51. The summed E-state index contributed by atoms with van der Waals surface area (Å²) in [5, 5.41) is 22.2. The van der Waals surface area contributed by atoms with Crippen molar-refractivity contribution in [1.82, 2.24) is 5.32 Å². The molecule has 0 aromatic rings. The molecule has 1 saturated carbocycles. The maximum atomic E-state index is 9.51. The standard InChI is InChI=1S/C8H15NO2/c10-6-5-7(11)8(6)1-3-9-4-2-8/h6-7,9-11H,1-5H2. The van der Waals surface area contributed by atoms with Crippen LogP contribution in [0.25, 0.3) is 0 Å². The Hall–Kier alpha value is -0.120. The highest BCUT2D eigenvalue weighted by Gasteiger charge is 2.53. The Morgan fingerprint density at radius 1 is 1.09 bits per heavy atom. The predicted octanol–water partition coefficient (Wildman–Crippen LogP) is -0.518. The van der Waals surface area contributed by atoms with Gasteiger partial charge in [-0.25, -0.2) is 0 Å². The first-order chi connectivity index (χ1) is 5.26. The summed E-state index contributed by atoms with van der Waals surface area (Å²) < 4.78 is 0. The number of aliphatic hydroxyl groups excluding tert-OH is 2. The van der Waals surface area contributed by atoms with Crippen LogP contribution >= 0.6 is 0 Å². The van der Waals surface area contributed by atoms with Crippen molar-refractivity contribution in [1.29, 1.82) is 0 Å². The molecular formula is C8H15NO2. The van der Waals surface area contributed by atoms with Crippen LogP contribution in [0, 0.1) is 5.41 Å². The van der Waals surface area contributed by atoms with Crippen molar-refractivity contribution in [3.63, 3.8) is 0 Å². The molecule has 1 spiro atoms. The van der Waals surface area contributed by atoms with Crippen LogP contribution in [0.3, 0.4) is 0 Å². The lowest BCUT2D eigenvalue weighted by Crippen LogP contribution is -2.60. The van der Waals surface area contributed by atoms with Gasteiger partial charge in [-0.05, 0) is 25.9 Å². The fourth-order valence-corrected chi connectivity index (χ4v) is 2.30. The highest BCUT2D eigenvalue weighted by molar-refractivity contribution is 5.05. The van der Waals surface area contributed by atoms with E-state index in [1.165, 1.54) is 0 Å². The lowest BCUT2D eigenvalue weighted by atomic mass is 9.59. The second kappa shape index (κ2) is 2.44. The molecule has 0 radical (unpaired) electrons. The van der Waals surface area contributed by atoms with Crippen LogP contribution in [0.1, 0.15) is 19.3 Å². The Balaban J connectivity index is 2.06. The summed E-state index contributed by atoms with van der Waals surface area (Å²) in [5.74, 6) is 0. The molecule has 3 N–H and O–H groups in total. The Kier molecular flexibility index (Phi) is 1.67. The number of hydrogen-bond donors (Lipinski definition) is 3. The van der Waals surface area contributed by atoms with Gasteiger partial charge in [0.2, 0.25) is 0 Å². The van der Waals surface area contributed by atoms with Gasteiger partial charge in [-0.2, -0.15) is 0 Å². The van der Waals surface area contributed by atoms with Crippen molar-refractivity contribution in [2.75, 3.05) is 13.1 Å². The molecular weight excluding hydrogens is 142 g/mol. The maximum Gasteiger partial charge on any atom is 0.0646 e. The van der Waals surface area contributed by atoms with Gasteiger partial charge < -0.3 is 15.5 Å². The molecule has 3 nitrogen and oxygen atoms in total. The SMILES string of the molecule is OC1CC(O)C12CCNCC2. The molecule has 0 bridgehead atoms. The minimum absolute atomic E-state index is 0.134. The average Bonchev–Trinajstić information content (AvgIpc) is 2.07. The highest BCUT2D eigenvalue weighted by Crippen LogP contribution is 2.47. The van der Waals surface area contributed by atoms with Crippen LogP contribution in [-0.4, -0.2) is 35.5 Å². The normalized spacial score (nSPS) is 42.0. The van der Waals surface area contributed by atoms with E-state index in [1.54, 1.807) is 0 Å². The van der Waals surface area contributed by atoms with E-state index in [2.05, 4.69) is 5.32 Å². The molecule has 2 atom stereocenters. The van der Waals surface area contributed by atoms with E-state index in [0.29, 0.717) is 6.42 Å². The van der Waals surface area contributed by atoms with Crippen LogP contribution < -0.4 is 5.32 Å². The smallest absolute Gasteiger partial charge is 0.0646 e. The molecule has 1 heterocycles. The quantitative estimate of drug-likeness (QED) is 0.443. The average molecular weight is 157 g/mol. The first-order valence-electron chi connectivity index (χ1n) is 4.32. The van der Waals surface area contributed by atoms with Gasteiger partial charge in [0.25, 0.3) is 0 Å². The zero-order valence-corrected chi connectivity index (χ0v) is 6.58. The second-order valence-electron chi connectivity index (χ2n) is 3.75. The summed E-state index contributed by atoms with van der Waals surface area (Å²) in [6.45, 7) is 1.88. The van der Waals surface area contributed by atoms with Crippen LogP contribution in [-0.2, 0) is 0 Å². The Morgan fingerprint density at radius 2 is 1.64 bits per heavy atom. The lowest BCUT2D eigenvalue weighted by molar-refractivity contribution is -0.180. The van der Waals surface area contributed by atoms with Gasteiger partial charge in [-0.1, -0.05) is 0 Å².